The lowest BCUT2D eigenvalue weighted by Gasteiger charge is -2.15. The standard InChI is InChI=1S/C24H18Cl2N2O6S2/c25-17-3-8-20(9-4-17)35(30,31)15-16-14-19(27-24(29)23-2-1-13-34-23)7-12-22(16)28-36(32,33)21-10-5-18(26)6-11-21/h1-14,28H,15H2,(H,27,29). The number of hydrogen-bond acceptors (Lipinski definition) is 6. The molecular weight excluding hydrogens is 547 g/mol. The number of sulfone groups is 1. The quantitative estimate of drug-likeness (QED) is 0.286. The zero-order chi connectivity index (χ0) is 25.9. The van der Waals surface area contributed by atoms with Crippen LogP contribution in [0, 0.1) is 0 Å². The highest BCUT2D eigenvalue weighted by molar-refractivity contribution is 7.92. The molecule has 0 aliphatic heterocycles. The van der Waals surface area contributed by atoms with Crippen molar-refractivity contribution in [1.29, 1.82) is 0 Å². The molecular formula is C24H18Cl2N2O6S2. The number of benzene rings is 3. The van der Waals surface area contributed by atoms with Crippen LogP contribution in [0.5, 0.6) is 0 Å². The van der Waals surface area contributed by atoms with Gasteiger partial charge in [-0.3, -0.25) is 9.52 Å². The van der Waals surface area contributed by atoms with E-state index < -0.39 is 31.5 Å². The molecule has 1 amide bonds. The molecule has 3 aromatic carbocycles. The molecule has 0 radical (unpaired) electrons. The molecule has 0 spiro atoms. The summed E-state index contributed by atoms with van der Waals surface area (Å²) in [5.41, 5.74) is 0.380. The van der Waals surface area contributed by atoms with Gasteiger partial charge in [-0.25, -0.2) is 16.8 Å². The highest BCUT2D eigenvalue weighted by Crippen LogP contribution is 2.29. The van der Waals surface area contributed by atoms with Gasteiger partial charge in [0, 0.05) is 15.7 Å². The Hall–Kier alpha value is -3.31. The molecule has 0 aliphatic carbocycles. The van der Waals surface area contributed by atoms with Gasteiger partial charge in [0.05, 0.1) is 27.5 Å². The van der Waals surface area contributed by atoms with E-state index in [9.17, 15) is 21.6 Å². The highest BCUT2D eigenvalue weighted by Gasteiger charge is 2.22. The third kappa shape index (κ3) is 6.08. The highest BCUT2D eigenvalue weighted by atomic mass is 35.5. The van der Waals surface area contributed by atoms with Crippen LogP contribution < -0.4 is 10.0 Å². The molecule has 4 aromatic rings. The predicted molar refractivity (Wildman–Crippen MR) is 138 cm³/mol. The maximum Gasteiger partial charge on any atom is 0.291 e. The number of carbonyl (C=O) groups is 1. The van der Waals surface area contributed by atoms with Crippen molar-refractivity contribution in [3.63, 3.8) is 0 Å². The van der Waals surface area contributed by atoms with Gasteiger partial charge in [-0.1, -0.05) is 23.2 Å². The molecule has 36 heavy (non-hydrogen) atoms. The van der Waals surface area contributed by atoms with Gasteiger partial charge in [-0.2, -0.15) is 0 Å². The summed E-state index contributed by atoms with van der Waals surface area (Å²) >= 11 is 11.7. The average Bonchev–Trinajstić information content (AvgIpc) is 3.36. The second kappa shape index (κ2) is 10.4. The van der Waals surface area contributed by atoms with Crippen molar-refractivity contribution < 1.29 is 26.0 Å². The second-order valence-electron chi connectivity index (χ2n) is 7.58. The minimum Gasteiger partial charge on any atom is -0.459 e. The molecule has 186 valence electrons. The molecule has 0 atom stereocenters. The van der Waals surface area contributed by atoms with Crippen molar-refractivity contribution in [2.45, 2.75) is 15.5 Å². The lowest BCUT2D eigenvalue weighted by atomic mass is 10.2. The van der Waals surface area contributed by atoms with E-state index >= 15 is 0 Å². The fourth-order valence-electron chi connectivity index (χ4n) is 3.24. The number of furan rings is 1. The Morgan fingerprint density at radius 3 is 2.00 bits per heavy atom. The normalized spacial score (nSPS) is 11.7. The molecule has 0 saturated carbocycles. The van der Waals surface area contributed by atoms with Crippen LogP contribution in [0.1, 0.15) is 16.1 Å². The second-order valence-corrected chi connectivity index (χ2v) is 12.1. The fraction of sp³-hybridized carbons (Fsp3) is 0.0417. The fourth-order valence-corrected chi connectivity index (χ4v) is 5.96. The van der Waals surface area contributed by atoms with Crippen LogP contribution in [-0.4, -0.2) is 22.7 Å². The summed E-state index contributed by atoms with van der Waals surface area (Å²) in [7, 11) is -7.98. The smallest absolute Gasteiger partial charge is 0.291 e. The number of anilines is 2. The summed E-state index contributed by atoms with van der Waals surface area (Å²) in [6.07, 6.45) is 1.34. The topological polar surface area (TPSA) is 123 Å². The summed E-state index contributed by atoms with van der Waals surface area (Å²) in [6.45, 7) is 0. The zero-order valence-corrected chi connectivity index (χ0v) is 21.5. The van der Waals surface area contributed by atoms with E-state index in [1.54, 1.807) is 6.07 Å². The van der Waals surface area contributed by atoms with E-state index in [0.29, 0.717) is 10.0 Å². The summed E-state index contributed by atoms with van der Waals surface area (Å²) in [6, 6.07) is 18.3. The van der Waals surface area contributed by atoms with Crippen LogP contribution in [0.25, 0.3) is 0 Å². The first-order chi connectivity index (χ1) is 17.0. The molecule has 0 unspecified atom stereocenters. The van der Waals surface area contributed by atoms with Gasteiger partial charge in [0.25, 0.3) is 15.9 Å². The van der Waals surface area contributed by atoms with Gasteiger partial charge in [0.15, 0.2) is 15.6 Å². The number of hydrogen-bond donors (Lipinski definition) is 2. The van der Waals surface area contributed by atoms with Crippen molar-refractivity contribution in [3.8, 4) is 0 Å². The molecule has 4 rings (SSSR count). The van der Waals surface area contributed by atoms with Gasteiger partial charge in [0.1, 0.15) is 0 Å². The third-order valence-electron chi connectivity index (χ3n) is 4.99. The van der Waals surface area contributed by atoms with Crippen LogP contribution in [-0.2, 0) is 25.6 Å². The van der Waals surface area contributed by atoms with Crippen LogP contribution >= 0.6 is 23.2 Å². The van der Waals surface area contributed by atoms with Gasteiger partial charge in [0.2, 0.25) is 0 Å². The summed E-state index contributed by atoms with van der Waals surface area (Å²) < 4.78 is 59.7. The van der Waals surface area contributed by atoms with Crippen LogP contribution in [0.2, 0.25) is 10.0 Å². The maximum atomic E-state index is 13.1. The Bertz CT molecular complexity index is 1600. The SMILES string of the molecule is O=C(Nc1ccc(NS(=O)(=O)c2ccc(Cl)cc2)c(CS(=O)(=O)c2ccc(Cl)cc2)c1)c1ccco1. The van der Waals surface area contributed by atoms with E-state index in [1.165, 1.54) is 79.1 Å². The number of nitrogens with one attached hydrogen (secondary N) is 2. The molecule has 12 heteroatoms. The number of rotatable bonds is 8. The average molecular weight is 565 g/mol. The van der Waals surface area contributed by atoms with Crippen molar-refractivity contribution in [1.82, 2.24) is 0 Å². The van der Waals surface area contributed by atoms with Crippen LogP contribution in [0.15, 0.2) is 99.3 Å². The predicted octanol–water partition coefficient (Wildman–Crippen LogP) is 5.61. The zero-order valence-electron chi connectivity index (χ0n) is 18.3. The van der Waals surface area contributed by atoms with Gasteiger partial charge in [-0.15, -0.1) is 0 Å². The minimum absolute atomic E-state index is 0.00318. The largest absolute Gasteiger partial charge is 0.459 e. The first-order valence-electron chi connectivity index (χ1n) is 10.3. The Balaban J connectivity index is 1.71. The number of sulfonamides is 1. The Morgan fingerprint density at radius 2 is 1.42 bits per heavy atom. The monoisotopic (exact) mass is 564 g/mol. The summed E-state index contributed by atoms with van der Waals surface area (Å²) in [5, 5.41) is 3.34. The lowest BCUT2D eigenvalue weighted by molar-refractivity contribution is 0.0996. The van der Waals surface area contributed by atoms with Crippen molar-refractivity contribution in [2.75, 3.05) is 10.0 Å². The summed E-state index contributed by atoms with van der Waals surface area (Å²) in [4.78, 5) is 12.3. The first-order valence-corrected chi connectivity index (χ1v) is 14.2. The molecule has 0 bridgehead atoms. The third-order valence-corrected chi connectivity index (χ3v) is 8.56. The number of halogens is 2. The molecule has 0 fully saturated rings. The van der Waals surface area contributed by atoms with Crippen molar-refractivity contribution in [3.05, 3.63) is 106 Å². The lowest BCUT2D eigenvalue weighted by Crippen LogP contribution is -2.16. The van der Waals surface area contributed by atoms with E-state index in [0.717, 1.165) is 0 Å². The van der Waals surface area contributed by atoms with E-state index in [1.807, 2.05) is 0 Å². The molecule has 1 aromatic heterocycles. The Kier molecular flexibility index (Phi) is 7.41. The van der Waals surface area contributed by atoms with E-state index in [2.05, 4.69) is 10.0 Å². The van der Waals surface area contributed by atoms with E-state index in [4.69, 9.17) is 27.6 Å². The molecule has 0 aliphatic rings. The Labute approximate surface area is 217 Å². The minimum atomic E-state index is -4.07. The van der Waals surface area contributed by atoms with Crippen molar-refractivity contribution in [2.24, 2.45) is 0 Å². The van der Waals surface area contributed by atoms with Crippen molar-refractivity contribution >= 4 is 60.3 Å². The Morgan fingerprint density at radius 1 is 0.806 bits per heavy atom. The number of carbonyl (C=O) groups excluding carboxylic acids is 1. The number of amides is 1. The van der Waals surface area contributed by atoms with Crippen LogP contribution in [0.4, 0.5) is 11.4 Å². The molecule has 8 nitrogen and oxygen atoms in total. The van der Waals surface area contributed by atoms with Gasteiger partial charge >= 0.3 is 0 Å². The molecule has 2 N–H and O–H groups in total. The maximum absolute atomic E-state index is 13.1. The summed E-state index contributed by atoms with van der Waals surface area (Å²) in [5.74, 6) is -1.06. The molecule has 0 saturated heterocycles. The molecule has 1 heterocycles. The van der Waals surface area contributed by atoms with E-state index in [-0.39, 0.29) is 32.5 Å². The van der Waals surface area contributed by atoms with Gasteiger partial charge in [-0.05, 0) is 84.4 Å². The van der Waals surface area contributed by atoms with Gasteiger partial charge < -0.3 is 9.73 Å². The first kappa shape index (κ1) is 25.8. The van der Waals surface area contributed by atoms with Crippen LogP contribution in [0.3, 0.4) is 0 Å².